The molecule has 19 heavy (non-hydrogen) atoms. The standard InChI is InChI=1S/C14H20BrClN2O/c1-2-3-13(18-6-4-17-5-7-18)11-8-10(15)9-12(16)14(11)19/h8-9,13,17,19H,2-7H2,1H3/t13-/m1/s1. The van der Waals surface area contributed by atoms with Crippen molar-refractivity contribution in [2.24, 2.45) is 0 Å². The first-order valence-electron chi connectivity index (χ1n) is 6.76. The van der Waals surface area contributed by atoms with Crippen LogP contribution in [0.15, 0.2) is 16.6 Å². The van der Waals surface area contributed by atoms with Gasteiger partial charge in [-0.3, -0.25) is 4.90 Å². The van der Waals surface area contributed by atoms with Gasteiger partial charge in [-0.25, -0.2) is 0 Å². The number of nitrogens with zero attached hydrogens (tertiary/aromatic N) is 1. The maximum atomic E-state index is 10.3. The van der Waals surface area contributed by atoms with Crippen LogP contribution < -0.4 is 5.32 Å². The van der Waals surface area contributed by atoms with Crippen molar-refractivity contribution in [2.45, 2.75) is 25.8 Å². The molecule has 1 heterocycles. The zero-order valence-electron chi connectivity index (χ0n) is 11.1. The molecule has 0 saturated carbocycles. The minimum Gasteiger partial charge on any atom is -0.506 e. The van der Waals surface area contributed by atoms with E-state index in [0.717, 1.165) is 49.1 Å². The summed E-state index contributed by atoms with van der Waals surface area (Å²) in [5.41, 5.74) is 0.933. The van der Waals surface area contributed by atoms with E-state index in [1.807, 2.05) is 6.07 Å². The van der Waals surface area contributed by atoms with Crippen LogP contribution in [0.2, 0.25) is 5.02 Å². The molecule has 1 aromatic rings. The number of nitrogens with one attached hydrogen (secondary N) is 1. The molecule has 1 aromatic carbocycles. The molecule has 0 amide bonds. The van der Waals surface area contributed by atoms with Crippen LogP contribution in [0.3, 0.4) is 0 Å². The van der Waals surface area contributed by atoms with E-state index in [1.54, 1.807) is 6.07 Å². The predicted molar refractivity (Wildman–Crippen MR) is 82.9 cm³/mol. The molecule has 2 rings (SSSR count). The molecule has 0 spiro atoms. The molecule has 0 unspecified atom stereocenters. The summed E-state index contributed by atoms with van der Waals surface area (Å²) < 4.78 is 0.918. The molecule has 2 N–H and O–H groups in total. The van der Waals surface area contributed by atoms with Crippen LogP contribution in [-0.4, -0.2) is 36.2 Å². The summed E-state index contributed by atoms with van der Waals surface area (Å²) in [7, 11) is 0. The van der Waals surface area contributed by atoms with Crippen LogP contribution in [0.5, 0.6) is 5.75 Å². The van der Waals surface area contributed by atoms with Crippen molar-refractivity contribution >= 4 is 27.5 Å². The van der Waals surface area contributed by atoms with Crippen molar-refractivity contribution in [2.75, 3.05) is 26.2 Å². The quantitative estimate of drug-likeness (QED) is 0.874. The average Bonchev–Trinajstić information content (AvgIpc) is 2.41. The van der Waals surface area contributed by atoms with Crippen molar-refractivity contribution in [3.63, 3.8) is 0 Å². The molecule has 1 aliphatic rings. The fraction of sp³-hybridized carbons (Fsp3) is 0.571. The molecular formula is C14H20BrClN2O. The smallest absolute Gasteiger partial charge is 0.139 e. The van der Waals surface area contributed by atoms with Crippen molar-refractivity contribution in [1.82, 2.24) is 10.2 Å². The number of phenolic OH excluding ortho intramolecular Hbond substituents is 1. The monoisotopic (exact) mass is 346 g/mol. The van der Waals surface area contributed by atoms with Crippen LogP contribution in [-0.2, 0) is 0 Å². The Bertz CT molecular complexity index is 436. The van der Waals surface area contributed by atoms with E-state index >= 15 is 0 Å². The minimum absolute atomic E-state index is 0.224. The van der Waals surface area contributed by atoms with Crippen LogP contribution >= 0.6 is 27.5 Å². The van der Waals surface area contributed by atoms with Crippen LogP contribution in [0.4, 0.5) is 0 Å². The average molecular weight is 348 g/mol. The number of phenols is 1. The highest BCUT2D eigenvalue weighted by atomic mass is 79.9. The van der Waals surface area contributed by atoms with Crippen molar-refractivity contribution in [1.29, 1.82) is 0 Å². The fourth-order valence-electron chi connectivity index (χ4n) is 2.64. The Morgan fingerprint density at radius 1 is 1.42 bits per heavy atom. The number of piperazine rings is 1. The van der Waals surface area contributed by atoms with Crippen molar-refractivity contribution < 1.29 is 5.11 Å². The number of aromatic hydroxyl groups is 1. The topological polar surface area (TPSA) is 35.5 Å². The first-order valence-corrected chi connectivity index (χ1v) is 7.93. The number of rotatable bonds is 4. The second kappa shape index (κ2) is 6.93. The third kappa shape index (κ3) is 3.63. The Labute approximate surface area is 128 Å². The summed E-state index contributed by atoms with van der Waals surface area (Å²) in [5.74, 6) is 0.224. The molecule has 1 saturated heterocycles. The van der Waals surface area contributed by atoms with Gasteiger partial charge in [-0.1, -0.05) is 40.9 Å². The van der Waals surface area contributed by atoms with E-state index in [-0.39, 0.29) is 11.8 Å². The Hall–Kier alpha value is -0.290. The van der Waals surface area contributed by atoms with Gasteiger partial charge < -0.3 is 10.4 Å². The van der Waals surface area contributed by atoms with E-state index in [1.165, 1.54) is 0 Å². The summed E-state index contributed by atoms with van der Waals surface area (Å²) in [4.78, 5) is 2.43. The van der Waals surface area contributed by atoms with E-state index < -0.39 is 0 Å². The lowest BCUT2D eigenvalue weighted by molar-refractivity contribution is 0.162. The van der Waals surface area contributed by atoms with Crippen LogP contribution in [0.25, 0.3) is 0 Å². The fourth-order valence-corrected chi connectivity index (χ4v) is 3.48. The second-order valence-corrected chi connectivity index (χ2v) is 6.24. The summed E-state index contributed by atoms with van der Waals surface area (Å²) in [6, 6.07) is 3.96. The van der Waals surface area contributed by atoms with Gasteiger partial charge in [-0.2, -0.15) is 0 Å². The van der Waals surface area contributed by atoms with E-state index in [9.17, 15) is 5.11 Å². The Balaban J connectivity index is 2.32. The van der Waals surface area contributed by atoms with Gasteiger partial charge in [0.05, 0.1) is 5.02 Å². The highest BCUT2D eigenvalue weighted by Crippen LogP contribution is 2.39. The first kappa shape index (κ1) is 15.1. The van der Waals surface area contributed by atoms with E-state index in [0.29, 0.717) is 5.02 Å². The van der Waals surface area contributed by atoms with Gasteiger partial charge >= 0.3 is 0 Å². The SMILES string of the molecule is CCC[C@H](c1cc(Br)cc(Cl)c1O)N1CCNCC1. The lowest BCUT2D eigenvalue weighted by atomic mass is 9.99. The van der Waals surface area contributed by atoms with Gasteiger partial charge in [0.1, 0.15) is 5.75 Å². The molecule has 5 heteroatoms. The largest absolute Gasteiger partial charge is 0.506 e. The van der Waals surface area contributed by atoms with Gasteiger partial charge in [0.2, 0.25) is 0 Å². The molecule has 0 aliphatic carbocycles. The Kier molecular flexibility index (Phi) is 5.51. The van der Waals surface area contributed by atoms with Crippen LogP contribution in [0.1, 0.15) is 31.4 Å². The molecule has 3 nitrogen and oxygen atoms in total. The van der Waals surface area contributed by atoms with Crippen molar-refractivity contribution in [3.8, 4) is 5.75 Å². The van der Waals surface area contributed by atoms with E-state index in [4.69, 9.17) is 11.6 Å². The zero-order valence-corrected chi connectivity index (χ0v) is 13.5. The van der Waals surface area contributed by atoms with Crippen LogP contribution in [0, 0.1) is 0 Å². The van der Waals surface area contributed by atoms with E-state index in [2.05, 4.69) is 33.1 Å². The predicted octanol–water partition coefficient (Wildman–Crippen LogP) is 3.55. The molecule has 1 atom stereocenters. The number of benzene rings is 1. The zero-order chi connectivity index (χ0) is 13.8. The lowest BCUT2D eigenvalue weighted by Crippen LogP contribution is -2.45. The molecule has 1 aliphatic heterocycles. The first-order chi connectivity index (χ1) is 9.13. The number of halogens is 2. The summed E-state index contributed by atoms with van der Waals surface area (Å²) in [6.07, 6.45) is 2.11. The normalized spacial score (nSPS) is 18.5. The third-order valence-electron chi connectivity index (χ3n) is 3.57. The molecule has 0 aromatic heterocycles. The third-order valence-corrected chi connectivity index (χ3v) is 4.32. The van der Waals surface area contributed by atoms with Gasteiger partial charge in [-0.05, 0) is 18.6 Å². The van der Waals surface area contributed by atoms with Gasteiger partial charge in [0, 0.05) is 42.3 Å². The Morgan fingerprint density at radius 2 is 2.11 bits per heavy atom. The summed E-state index contributed by atoms with van der Waals surface area (Å²) >= 11 is 9.56. The lowest BCUT2D eigenvalue weighted by Gasteiger charge is -2.35. The summed E-state index contributed by atoms with van der Waals surface area (Å²) in [5, 5.41) is 14.0. The highest BCUT2D eigenvalue weighted by Gasteiger charge is 2.25. The summed E-state index contributed by atoms with van der Waals surface area (Å²) in [6.45, 7) is 6.19. The molecule has 0 radical (unpaired) electrons. The van der Waals surface area contributed by atoms with Gasteiger partial charge in [0.25, 0.3) is 0 Å². The highest BCUT2D eigenvalue weighted by molar-refractivity contribution is 9.10. The van der Waals surface area contributed by atoms with Crippen molar-refractivity contribution in [3.05, 3.63) is 27.2 Å². The number of hydrogen-bond acceptors (Lipinski definition) is 3. The maximum absolute atomic E-state index is 10.3. The molecule has 106 valence electrons. The maximum Gasteiger partial charge on any atom is 0.139 e. The second-order valence-electron chi connectivity index (χ2n) is 4.92. The van der Waals surface area contributed by atoms with Gasteiger partial charge in [0.15, 0.2) is 0 Å². The molecule has 0 bridgehead atoms. The minimum atomic E-state index is 0.224. The Morgan fingerprint density at radius 3 is 2.74 bits per heavy atom. The molecule has 1 fully saturated rings. The number of hydrogen-bond donors (Lipinski definition) is 2. The van der Waals surface area contributed by atoms with Gasteiger partial charge in [-0.15, -0.1) is 0 Å². The molecular weight excluding hydrogens is 328 g/mol.